The minimum absolute atomic E-state index is 0.0411. The maximum absolute atomic E-state index is 12.0. The third kappa shape index (κ3) is 4.37. The van der Waals surface area contributed by atoms with Crippen LogP contribution in [0.1, 0.15) is 18.4 Å². The van der Waals surface area contributed by atoms with Crippen LogP contribution in [-0.4, -0.2) is 55.7 Å². The molecular weight excluding hydrogens is 286 g/mol. The Morgan fingerprint density at radius 3 is 2.59 bits per heavy atom. The number of carboxylic acid groups (broad SMARTS) is 1. The van der Waals surface area contributed by atoms with Crippen LogP contribution in [-0.2, 0) is 16.0 Å². The minimum Gasteiger partial charge on any atom is -0.481 e. The molecule has 0 spiro atoms. The van der Waals surface area contributed by atoms with Gasteiger partial charge in [0.1, 0.15) is 6.33 Å². The number of amides is 1. The van der Waals surface area contributed by atoms with Crippen molar-refractivity contribution in [3.8, 4) is 5.69 Å². The second kappa shape index (κ2) is 7.30. The van der Waals surface area contributed by atoms with E-state index in [2.05, 4.69) is 15.5 Å². The number of carbonyl (C=O) groups is 2. The van der Waals surface area contributed by atoms with Gasteiger partial charge in [-0.05, 0) is 34.5 Å². The highest BCUT2D eigenvalue weighted by Gasteiger charge is 2.10. The average Bonchev–Trinajstić information content (AvgIpc) is 3.01. The Labute approximate surface area is 127 Å². The first-order valence-corrected chi connectivity index (χ1v) is 6.84. The van der Waals surface area contributed by atoms with Gasteiger partial charge in [-0.2, -0.15) is 0 Å². The summed E-state index contributed by atoms with van der Waals surface area (Å²) in [5, 5.41) is 19.5. The monoisotopic (exact) mass is 303 g/mol. The average molecular weight is 303 g/mol. The van der Waals surface area contributed by atoms with Gasteiger partial charge in [0.05, 0.1) is 12.1 Å². The van der Waals surface area contributed by atoms with Crippen molar-refractivity contribution >= 4 is 11.9 Å². The summed E-state index contributed by atoms with van der Waals surface area (Å²) in [4.78, 5) is 24.0. The van der Waals surface area contributed by atoms with Crippen LogP contribution in [0.4, 0.5) is 0 Å². The molecule has 0 atom stereocenters. The van der Waals surface area contributed by atoms with Crippen LogP contribution >= 0.6 is 0 Å². The van der Waals surface area contributed by atoms with E-state index in [0.717, 1.165) is 11.3 Å². The lowest BCUT2D eigenvalue weighted by atomic mass is 10.1. The zero-order chi connectivity index (χ0) is 15.9. The molecule has 1 amide bonds. The highest BCUT2D eigenvalue weighted by atomic mass is 16.4. The van der Waals surface area contributed by atoms with E-state index in [1.807, 2.05) is 24.3 Å². The normalized spacial score (nSPS) is 10.4. The van der Waals surface area contributed by atoms with Crippen LogP contribution in [0.2, 0.25) is 0 Å². The van der Waals surface area contributed by atoms with Crippen molar-refractivity contribution < 1.29 is 14.7 Å². The molecule has 8 heteroatoms. The van der Waals surface area contributed by atoms with Crippen LogP contribution in [0.5, 0.6) is 0 Å². The Hall–Kier alpha value is -2.77. The third-order valence-corrected chi connectivity index (χ3v) is 3.22. The van der Waals surface area contributed by atoms with E-state index < -0.39 is 5.97 Å². The molecule has 1 N–H and O–H groups in total. The highest BCUT2D eigenvalue weighted by molar-refractivity contribution is 5.78. The predicted octanol–water partition coefficient (Wildman–Crippen LogP) is 0.528. The molecule has 0 aliphatic rings. The lowest BCUT2D eigenvalue weighted by Crippen LogP contribution is -2.29. The molecule has 1 aromatic heterocycles. The SMILES string of the molecule is CN(CCCC(=O)O)C(=O)Cc1ccc(-n2cnnn2)cc1. The number of hydrogen-bond acceptors (Lipinski definition) is 5. The maximum Gasteiger partial charge on any atom is 0.303 e. The Bertz CT molecular complexity index is 624. The van der Waals surface area contributed by atoms with Crippen molar-refractivity contribution in [3.63, 3.8) is 0 Å². The van der Waals surface area contributed by atoms with E-state index >= 15 is 0 Å². The summed E-state index contributed by atoms with van der Waals surface area (Å²) in [6.07, 6.45) is 2.30. The molecule has 116 valence electrons. The fraction of sp³-hybridized carbons (Fsp3) is 0.357. The highest BCUT2D eigenvalue weighted by Crippen LogP contribution is 2.09. The molecule has 2 rings (SSSR count). The number of hydrogen-bond donors (Lipinski definition) is 1. The zero-order valence-corrected chi connectivity index (χ0v) is 12.2. The fourth-order valence-corrected chi connectivity index (χ4v) is 1.95. The molecule has 0 bridgehead atoms. The van der Waals surface area contributed by atoms with Crippen LogP contribution in [0.3, 0.4) is 0 Å². The second-order valence-corrected chi connectivity index (χ2v) is 4.91. The minimum atomic E-state index is -0.848. The van der Waals surface area contributed by atoms with E-state index in [0.29, 0.717) is 13.0 Å². The second-order valence-electron chi connectivity index (χ2n) is 4.91. The van der Waals surface area contributed by atoms with Gasteiger partial charge in [-0.1, -0.05) is 12.1 Å². The number of aromatic nitrogens is 4. The van der Waals surface area contributed by atoms with Gasteiger partial charge in [-0.3, -0.25) is 9.59 Å². The van der Waals surface area contributed by atoms with Gasteiger partial charge < -0.3 is 10.0 Å². The summed E-state index contributed by atoms with van der Waals surface area (Å²) >= 11 is 0. The zero-order valence-electron chi connectivity index (χ0n) is 12.2. The number of rotatable bonds is 7. The molecule has 0 saturated carbocycles. The molecule has 8 nitrogen and oxygen atoms in total. The quantitative estimate of drug-likeness (QED) is 0.800. The van der Waals surface area contributed by atoms with Crippen LogP contribution < -0.4 is 0 Å². The van der Waals surface area contributed by atoms with Crippen molar-refractivity contribution in [2.24, 2.45) is 0 Å². The van der Waals surface area contributed by atoms with Gasteiger partial charge in [-0.25, -0.2) is 4.68 Å². The largest absolute Gasteiger partial charge is 0.481 e. The van der Waals surface area contributed by atoms with Crippen LogP contribution in [0.25, 0.3) is 5.69 Å². The first kappa shape index (κ1) is 15.6. The summed E-state index contributed by atoms with van der Waals surface area (Å²) in [5.41, 5.74) is 1.70. The van der Waals surface area contributed by atoms with Gasteiger partial charge in [0.15, 0.2) is 0 Å². The molecule has 2 aromatic rings. The predicted molar refractivity (Wildman–Crippen MR) is 77.4 cm³/mol. The molecule has 0 fully saturated rings. The van der Waals surface area contributed by atoms with Crippen molar-refractivity contribution in [1.29, 1.82) is 0 Å². The molecular formula is C14H17N5O3. The topological polar surface area (TPSA) is 101 Å². The number of benzene rings is 1. The molecule has 0 aliphatic heterocycles. The Kier molecular flexibility index (Phi) is 5.18. The van der Waals surface area contributed by atoms with Gasteiger partial charge in [0.25, 0.3) is 0 Å². The Morgan fingerprint density at radius 2 is 2.00 bits per heavy atom. The van der Waals surface area contributed by atoms with Gasteiger partial charge >= 0.3 is 5.97 Å². The number of carbonyl (C=O) groups excluding carboxylic acids is 1. The van der Waals surface area contributed by atoms with Crippen molar-refractivity contribution in [3.05, 3.63) is 36.2 Å². The first-order chi connectivity index (χ1) is 10.6. The molecule has 0 aliphatic carbocycles. The van der Waals surface area contributed by atoms with Gasteiger partial charge in [0.2, 0.25) is 5.91 Å². The summed E-state index contributed by atoms with van der Waals surface area (Å²) in [6.45, 7) is 0.438. The Morgan fingerprint density at radius 1 is 1.27 bits per heavy atom. The molecule has 22 heavy (non-hydrogen) atoms. The first-order valence-electron chi connectivity index (χ1n) is 6.84. The van der Waals surface area contributed by atoms with Crippen molar-refractivity contribution in [1.82, 2.24) is 25.1 Å². The van der Waals surface area contributed by atoms with Crippen LogP contribution in [0.15, 0.2) is 30.6 Å². The molecule has 1 aromatic carbocycles. The molecule has 1 heterocycles. The summed E-state index contributed by atoms with van der Waals surface area (Å²) in [6, 6.07) is 7.37. The number of carboxylic acids is 1. The number of nitrogens with zero attached hydrogens (tertiary/aromatic N) is 5. The summed E-state index contributed by atoms with van der Waals surface area (Å²) in [7, 11) is 1.68. The fourth-order valence-electron chi connectivity index (χ4n) is 1.95. The third-order valence-electron chi connectivity index (χ3n) is 3.22. The van der Waals surface area contributed by atoms with E-state index in [-0.39, 0.29) is 18.7 Å². The van der Waals surface area contributed by atoms with E-state index in [9.17, 15) is 9.59 Å². The lowest BCUT2D eigenvalue weighted by molar-refractivity contribution is -0.138. The standard InChI is InChI=1S/C14H17N5O3/c1-18(8-2-3-14(21)22)13(20)9-11-4-6-12(7-5-11)19-10-15-16-17-19/h4-7,10H,2-3,8-9H2,1H3,(H,21,22). The van der Waals surface area contributed by atoms with E-state index in [1.165, 1.54) is 11.0 Å². The number of aliphatic carboxylic acids is 1. The van der Waals surface area contributed by atoms with Crippen molar-refractivity contribution in [2.75, 3.05) is 13.6 Å². The van der Waals surface area contributed by atoms with Gasteiger partial charge in [0, 0.05) is 20.0 Å². The van der Waals surface area contributed by atoms with Crippen molar-refractivity contribution in [2.45, 2.75) is 19.3 Å². The number of tetrazole rings is 1. The van der Waals surface area contributed by atoms with E-state index in [1.54, 1.807) is 11.9 Å². The molecule has 0 radical (unpaired) electrons. The lowest BCUT2D eigenvalue weighted by Gasteiger charge is -2.16. The smallest absolute Gasteiger partial charge is 0.303 e. The van der Waals surface area contributed by atoms with Gasteiger partial charge in [-0.15, -0.1) is 5.10 Å². The Balaban J connectivity index is 1.87. The molecule has 0 saturated heterocycles. The maximum atomic E-state index is 12.0. The van der Waals surface area contributed by atoms with Crippen LogP contribution in [0, 0.1) is 0 Å². The van der Waals surface area contributed by atoms with E-state index in [4.69, 9.17) is 5.11 Å². The molecule has 0 unspecified atom stereocenters. The summed E-state index contributed by atoms with van der Waals surface area (Å²) < 4.78 is 1.53. The number of likely N-dealkylation sites (N-methyl/N-ethyl adjacent to an activating group) is 1. The summed E-state index contributed by atoms with van der Waals surface area (Å²) in [5.74, 6) is -0.889.